The number of nitrogens with zero attached hydrogens (tertiary/aromatic N) is 6. The van der Waals surface area contributed by atoms with Crippen LogP contribution < -0.4 is 0 Å². The van der Waals surface area contributed by atoms with Crippen molar-refractivity contribution in [3.05, 3.63) is 41.7 Å². The first-order valence-electron chi connectivity index (χ1n) is 9.86. The molecule has 0 unspecified atom stereocenters. The molecule has 0 aromatic carbocycles. The van der Waals surface area contributed by atoms with E-state index >= 15 is 0 Å². The second kappa shape index (κ2) is 6.51. The van der Waals surface area contributed by atoms with Crippen molar-refractivity contribution in [2.45, 2.75) is 52.5 Å². The number of hydrogen-bond acceptors (Lipinski definition) is 5. The number of hydrogen-bond donors (Lipinski definition) is 1. The normalized spacial score (nSPS) is 14.1. The fourth-order valence-electron chi connectivity index (χ4n) is 3.72. The van der Waals surface area contributed by atoms with Crippen LogP contribution in [0.2, 0.25) is 0 Å². The minimum atomic E-state index is 0.545. The number of H-pyrrole nitrogens is 1. The van der Waals surface area contributed by atoms with E-state index in [1.807, 2.05) is 30.2 Å². The molecule has 28 heavy (non-hydrogen) atoms. The van der Waals surface area contributed by atoms with Gasteiger partial charge in [-0.05, 0) is 39.2 Å². The second-order valence-electron chi connectivity index (χ2n) is 7.58. The van der Waals surface area contributed by atoms with E-state index in [2.05, 4.69) is 45.2 Å². The molecule has 142 valence electrons. The van der Waals surface area contributed by atoms with Crippen molar-refractivity contribution in [2.75, 3.05) is 0 Å². The summed E-state index contributed by atoms with van der Waals surface area (Å²) in [7, 11) is 0. The van der Waals surface area contributed by atoms with Crippen molar-refractivity contribution in [3.63, 3.8) is 0 Å². The quantitative estimate of drug-likeness (QED) is 0.567. The van der Waals surface area contributed by atoms with E-state index in [-0.39, 0.29) is 0 Å². The average molecular weight is 373 g/mol. The lowest BCUT2D eigenvalue weighted by Crippen LogP contribution is -2.01. The van der Waals surface area contributed by atoms with E-state index in [0.717, 1.165) is 57.9 Å². The molecule has 1 saturated carbocycles. The Morgan fingerprint density at radius 1 is 1.07 bits per heavy atom. The number of fused-ring (bicyclic) bond motifs is 1. The highest BCUT2D eigenvalue weighted by molar-refractivity contribution is 5.96. The molecule has 0 spiro atoms. The van der Waals surface area contributed by atoms with E-state index in [0.29, 0.717) is 5.92 Å². The third kappa shape index (κ3) is 2.78. The number of nitrogens with one attached hydrogen (secondary N) is 1. The summed E-state index contributed by atoms with van der Waals surface area (Å²) in [5.74, 6) is 0.545. The second-order valence-corrected chi connectivity index (χ2v) is 7.58. The molecular weight excluding hydrogens is 350 g/mol. The summed E-state index contributed by atoms with van der Waals surface area (Å²) in [6.45, 7) is 7.10. The third-order valence-corrected chi connectivity index (χ3v) is 5.41. The average Bonchev–Trinajstić information content (AvgIpc) is 3.36. The van der Waals surface area contributed by atoms with Crippen LogP contribution in [0.5, 0.6) is 0 Å². The predicted molar refractivity (Wildman–Crippen MR) is 108 cm³/mol. The summed E-state index contributed by atoms with van der Waals surface area (Å²) >= 11 is 0. The van der Waals surface area contributed by atoms with E-state index in [1.54, 1.807) is 0 Å². The highest BCUT2D eigenvalue weighted by atomic mass is 15.3. The Bertz CT molecular complexity index is 1150. The first-order valence-corrected chi connectivity index (χ1v) is 9.86. The van der Waals surface area contributed by atoms with Gasteiger partial charge in [-0.15, -0.1) is 0 Å². The van der Waals surface area contributed by atoms with Crippen LogP contribution in [-0.4, -0.2) is 34.9 Å². The van der Waals surface area contributed by atoms with Crippen molar-refractivity contribution in [1.29, 1.82) is 0 Å². The molecule has 1 aliphatic rings. The Morgan fingerprint density at radius 3 is 2.64 bits per heavy atom. The van der Waals surface area contributed by atoms with Gasteiger partial charge in [-0.25, -0.2) is 4.98 Å². The lowest BCUT2D eigenvalue weighted by Gasteiger charge is -2.08. The van der Waals surface area contributed by atoms with Gasteiger partial charge in [0.25, 0.3) is 0 Å². The molecule has 0 radical (unpaired) electrons. The highest BCUT2D eigenvalue weighted by Gasteiger charge is 2.30. The Balaban J connectivity index is 1.73. The lowest BCUT2D eigenvalue weighted by molar-refractivity contribution is 0.587. The van der Waals surface area contributed by atoms with E-state index < -0.39 is 0 Å². The molecular formula is C21H23N7. The van der Waals surface area contributed by atoms with Gasteiger partial charge >= 0.3 is 0 Å². The Hall–Kier alpha value is -3.09. The van der Waals surface area contributed by atoms with Crippen LogP contribution >= 0.6 is 0 Å². The first kappa shape index (κ1) is 17.0. The molecule has 1 aliphatic carbocycles. The van der Waals surface area contributed by atoms with Crippen molar-refractivity contribution < 1.29 is 0 Å². The number of rotatable bonds is 5. The fourth-order valence-corrected chi connectivity index (χ4v) is 3.72. The molecule has 1 N–H and O–H groups in total. The van der Waals surface area contributed by atoms with Gasteiger partial charge in [0, 0.05) is 41.2 Å². The number of aromatic amines is 1. The van der Waals surface area contributed by atoms with Gasteiger partial charge in [-0.3, -0.25) is 19.7 Å². The summed E-state index contributed by atoms with van der Waals surface area (Å²) in [4.78, 5) is 14.0. The number of pyridine rings is 1. The minimum absolute atomic E-state index is 0.545. The molecule has 0 atom stereocenters. The summed E-state index contributed by atoms with van der Waals surface area (Å²) in [5.41, 5.74) is 7.72. The standard InChI is InChI=1S/C21H23N7/c1-4-7-28-13(3)16(10-24-28)17-8-15(18-11-22-12(2)9-23-18)19-20(14-5-6-14)26-27-21(19)25-17/h8-11,14H,4-7H2,1-3H3,(H,25,26,27). The zero-order chi connectivity index (χ0) is 19.3. The van der Waals surface area contributed by atoms with Gasteiger partial charge in [0.2, 0.25) is 0 Å². The van der Waals surface area contributed by atoms with Gasteiger partial charge < -0.3 is 0 Å². The van der Waals surface area contributed by atoms with Crippen molar-refractivity contribution in [1.82, 2.24) is 34.9 Å². The number of aromatic nitrogens is 7. The van der Waals surface area contributed by atoms with E-state index in [1.165, 1.54) is 18.5 Å². The van der Waals surface area contributed by atoms with Gasteiger partial charge in [0.1, 0.15) is 0 Å². The maximum Gasteiger partial charge on any atom is 0.182 e. The molecule has 5 rings (SSSR count). The Labute approximate surface area is 163 Å². The molecule has 7 nitrogen and oxygen atoms in total. The molecule has 0 aliphatic heterocycles. The SMILES string of the molecule is CCCn1ncc(-c2cc(-c3cnc(C)cn3)c3c(C4CC4)[nH]nc3n2)c1C. The smallest absolute Gasteiger partial charge is 0.182 e. The van der Waals surface area contributed by atoms with E-state index in [9.17, 15) is 0 Å². The van der Waals surface area contributed by atoms with Crippen LogP contribution in [0.25, 0.3) is 33.5 Å². The van der Waals surface area contributed by atoms with Crippen molar-refractivity contribution >= 4 is 11.0 Å². The maximum absolute atomic E-state index is 4.87. The zero-order valence-corrected chi connectivity index (χ0v) is 16.4. The molecule has 0 amide bonds. The van der Waals surface area contributed by atoms with Crippen molar-refractivity contribution in [3.8, 4) is 22.5 Å². The molecule has 7 heteroatoms. The minimum Gasteiger partial charge on any atom is -0.279 e. The predicted octanol–water partition coefficient (Wildman–Crippen LogP) is 4.18. The largest absolute Gasteiger partial charge is 0.279 e. The van der Waals surface area contributed by atoms with Crippen LogP contribution in [-0.2, 0) is 6.54 Å². The van der Waals surface area contributed by atoms with Gasteiger partial charge in [-0.2, -0.15) is 10.2 Å². The molecule has 1 fully saturated rings. The summed E-state index contributed by atoms with van der Waals surface area (Å²) in [6.07, 6.45) is 8.98. The molecule has 0 bridgehead atoms. The summed E-state index contributed by atoms with van der Waals surface area (Å²) in [5, 5.41) is 13.4. The lowest BCUT2D eigenvalue weighted by atomic mass is 10.0. The monoisotopic (exact) mass is 373 g/mol. The Kier molecular flexibility index (Phi) is 3.96. The van der Waals surface area contributed by atoms with Gasteiger partial charge in [0.05, 0.1) is 34.9 Å². The zero-order valence-electron chi connectivity index (χ0n) is 16.4. The molecule has 4 aromatic heterocycles. The number of aryl methyl sites for hydroxylation is 2. The highest BCUT2D eigenvalue weighted by Crippen LogP contribution is 2.44. The summed E-state index contributed by atoms with van der Waals surface area (Å²) < 4.78 is 2.03. The third-order valence-electron chi connectivity index (χ3n) is 5.41. The van der Waals surface area contributed by atoms with Crippen LogP contribution in [0.1, 0.15) is 49.2 Å². The fraction of sp³-hybridized carbons (Fsp3) is 0.381. The topological polar surface area (TPSA) is 85.2 Å². The van der Waals surface area contributed by atoms with E-state index in [4.69, 9.17) is 4.98 Å². The molecule has 0 saturated heterocycles. The van der Waals surface area contributed by atoms with Crippen molar-refractivity contribution in [2.24, 2.45) is 0 Å². The molecule has 4 heterocycles. The van der Waals surface area contributed by atoms with Crippen LogP contribution in [0.15, 0.2) is 24.7 Å². The van der Waals surface area contributed by atoms with Crippen LogP contribution in [0, 0.1) is 13.8 Å². The molecule has 4 aromatic rings. The maximum atomic E-state index is 4.87. The van der Waals surface area contributed by atoms with Gasteiger partial charge in [-0.1, -0.05) is 6.92 Å². The first-order chi connectivity index (χ1) is 13.7. The van der Waals surface area contributed by atoms with Crippen LogP contribution in [0.4, 0.5) is 0 Å². The van der Waals surface area contributed by atoms with Crippen LogP contribution in [0.3, 0.4) is 0 Å². The van der Waals surface area contributed by atoms with Gasteiger partial charge in [0.15, 0.2) is 5.65 Å². The Morgan fingerprint density at radius 2 is 1.93 bits per heavy atom. The summed E-state index contributed by atoms with van der Waals surface area (Å²) in [6, 6.07) is 2.11.